The minimum absolute atomic E-state index is 0.914. The first kappa shape index (κ1) is 16.3. The van der Waals surface area contributed by atoms with E-state index in [1.54, 1.807) is 36.9 Å². The van der Waals surface area contributed by atoms with Crippen molar-refractivity contribution in [1.29, 1.82) is 0 Å². The summed E-state index contributed by atoms with van der Waals surface area (Å²) in [7, 11) is 3.37. The minimum atomic E-state index is 0.914. The van der Waals surface area contributed by atoms with E-state index in [2.05, 4.69) is 51.6 Å². The van der Waals surface area contributed by atoms with Crippen molar-refractivity contribution in [1.82, 2.24) is 0 Å². The summed E-state index contributed by atoms with van der Waals surface area (Å²) in [5.41, 5.74) is 0. The van der Waals surface area contributed by atoms with Crippen molar-refractivity contribution < 1.29 is 9.47 Å². The van der Waals surface area contributed by atoms with Crippen molar-refractivity contribution in [3.05, 3.63) is 57.7 Å². The van der Waals surface area contributed by atoms with Crippen molar-refractivity contribution in [3.63, 3.8) is 0 Å². The molecule has 0 saturated heterocycles. The summed E-state index contributed by atoms with van der Waals surface area (Å²) in [5, 5.41) is 4.63. The molecule has 0 N–H and O–H groups in total. The fourth-order valence-corrected chi connectivity index (χ4v) is 4.57. The largest absolute Gasteiger partial charge is 0.497 e. The highest BCUT2D eigenvalue weighted by molar-refractivity contribution is 9.11. The molecule has 0 fully saturated rings. The second-order valence-electron chi connectivity index (χ2n) is 4.78. The van der Waals surface area contributed by atoms with Gasteiger partial charge in [-0.15, -0.1) is 22.7 Å². The minimum Gasteiger partial charge on any atom is -0.497 e. The summed E-state index contributed by atoms with van der Waals surface area (Å²) in [4.78, 5) is 0. The summed E-state index contributed by atoms with van der Waals surface area (Å²) < 4.78 is 13.9. The summed E-state index contributed by atoms with van der Waals surface area (Å²) in [6.45, 7) is 0. The molecule has 0 aliphatic heterocycles. The van der Waals surface area contributed by atoms with Gasteiger partial charge in [-0.3, -0.25) is 0 Å². The quantitative estimate of drug-likeness (QED) is 0.374. The number of ether oxygens (including phenoxy) is 2. The van der Waals surface area contributed by atoms with E-state index >= 15 is 0 Å². The molecular weight excluding hydrogens is 392 g/mol. The molecule has 0 radical (unpaired) electrons. The van der Waals surface area contributed by atoms with Crippen molar-refractivity contribution >= 4 is 58.8 Å². The molecule has 4 rings (SSSR count). The first-order valence-electron chi connectivity index (χ1n) is 6.94. The standard InChI is InChI=1S/C9H7BrOS.C9H8OS/c1-11-7-3-2-6-4-9(10)12-8(6)5-7;1-10-8-3-2-7-4-5-11-9(7)6-8/h2-5H,1H3;2-6H,1H3. The van der Waals surface area contributed by atoms with E-state index < -0.39 is 0 Å². The molecule has 2 aromatic carbocycles. The lowest BCUT2D eigenvalue weighted by Crippen LogP contribution is -1.79. The normalized spacial score (nSPS) is 10.4. The maximum atomic E-state index is 5.12. The van der Waals surface area contributed by atoms with Gasteiger partial charge in [0.25, 0.3) is 0 Å². The second-order valence-corrected chi connectivity index (χ2v) is 8.19. The first-order valence-corrected chi connectivity index (χ1v) is 9.43. The zero-order chi connectivity index (χ0) is 16.2. The highest BCUT2D eigenvalue weighted by Crippen LogP contribution is 2.32. The smallest absolute Gasteiger partial charge is 0.120 e. The van der Waals surface area contributed by atoms with Crippen LogP contribution in [0.15, 0.2) is 57.7 Å². The van der Waals surface area contributed by atoms with Crippen LogP contribution in [0.2, 0.25) is 0 Å². The van der Waals surface area contributed by atoms with Crippen molar-refractivity contribution in [2.24, 2.45) is 0 Å². The first-order chi connectivity index (χ1) is 11.2. The number of benzene rings is 2. The lowest BCUT2D eigenvalue weighted by molar-refractivity contribution is 0.415. The Hall–Kier alpha value is -1.56. The van der Waals surface area contributed by atoms with Crippen molar-refractivity contribution in [2.45, 2.75) is 0 Å². The number of thiophene rings is 2. The van der Waals surface area contributed by atoms with Gasteiger partial charge in [0, 0.05) is 9.40 Å². The number of rotatable bonds is 2. The third-order valence-corrected chi connectivity index (χ3v) is 5.84. The van der Waals surface area contributed by atoms with Gasteiger partial charge >= 0.3 is 0 Å². The van der Waals surface area contributed by atoms with Gasteiger partial charge in [0.1, 0.15) is 11.5 Å². The van der Waals surface area contributed by atoms with Crippen LogP contribution < -0.4 is 9.47 Å². The average Bonchev–Trinajstić information content (AvgIpc) is 3.18. The summed E-state index contributed by atoms with van der Waals surface area (Å²) >= 11 is 6.90. The van der Waals surface area contributed by atoms with E-state index in [-0.39, 0.29) is 0 Å². The van der Waals surface area contributed by atoms with Crippen LogP contribution in [0.1, 0.15) is 0 Å². The maximum absolute atomic E-state index is 5.12. The Kier molecular flexibility index (Phi) is 5.20. The molecule has 0 amide bonds. The highest BCUT2D eigenvalue weighted by atomic mass is 79.9. The van der Waals surface area contributed by atoms with Crippen LogP contribution in [-0.4, -0.2) is 14.2 Å². The van der Waals surface area contributed by atoms with Crippen LogP contribution >= 0.6 is 38.6 Å². The van der Waals surface area contributed by atoms with Crippen LogP contribution in [0.3, 0.4) is 0 Å². The molecule has 5 heteroatoms. The van der Waals surface area contributed by atoms with Gasteiger partial charge in [-0.25, -0.2) is 0 Å². The fourth-order valence-electron chi connectivity index (χ4n) is 2.17. The molecule has 0 aliphatic rings. The molecule has 0 spiro atoms. The fraction of sp³-hybridized carbons (Fsp3) is 0.111. The van der Waals surface area contributed by atoms with E-state index in [4.69, 9.17) is 9.47 Å². The molecule has 2 nitrogen and oxygen atoms in total. The number of halogens is 1. The maximum Gasteiger partial charge on any atom is 0.120 e. The van der Waals surface area contributed by atoms with Crippen LogP contribution in [-0.2, 0) is 0 Å². The van der Waals surface area contributed by atoms with Gasteiger partial charge in [0.2, 0.25) is 0 Å². The van der Waals surface area contributed by atoms with E-state index in [9.17, 15) is 0 Å². The monoisotopic (exact) mass is 406 g/mol. The Bertz CT molecular complexity index is 927. The Morgan fingerprint density at radius 1 is 0.783 bits per heavy atom. The van der Waals surface area contributed by atoms with Crippen molar-refractivity contribution in [3.8, 4) is 11.5 Å². The Morgan fingerprint density at radius 3 is 2.13 bits per heavy atom. The molecule has 2 aromatic heterocycles. The van der Waals surface area contributed by atoms with Gasteiger partial charge in [-0.1, -0.05) is 0 Å². The average molecular weight is 407 g/mol. The van der Waals surface area contributed by atoms with Gasteiger partial charge in [-0.05, 0) is 80.6 Å². The summed E-state index contributed by atoms with van der Waals surface area (Å²) in [6, 6.07) is 16.4. The predicted octanol–water partition coefficient (Wildman–Crippen LogP) is 6.58. The van der Waals surface area contributed by atoms with Crippen LogP contribution in [0, 0.1) is 0 Å². The molecule has 0 saturated carbocycles. The molecule has 4 aromatic rings. The van der Waals surface area contributed by atoms with Gasteiger partial charge in [0.15, 0.2) is 0 Å². The highest BCUT2D eigenvalue weighted by Gasteiger charge is 2.00. The Labute approximate surface area is 151 Å². The second kappa shape index (κ2) is 7.34. The van der Waals surface area contributed by atoms with Gasteiger partial charge < -0.3 is 9.47 Å². The van der Waals surface area contributed by atoms with E-state index in [1.165, 1.54) is 20.2 Å². The third-order valence-electron chi connectivity index (χ3n) is 3.36. The Morgan fingerprint density at radius 2 is 1.43 bits per heavy atom. The topological polar surface area (TPSA) is 18.5 Å². The van der Waals surface area contributed by atoms with Gasteiger partial charge in [0.05, 0.1) is 18.0 Å². The van der Waals surface area contributed by atoms with E-state index in [1.807, 2.05) is 18.2 Å². The van der Waals surface area contributed by atoms with Gasteiger partial charge in [-0.2, -0.15) is 0 Å². The lowest BCUT2D eigenvalue weighted by Gasteiger charge is -1.97. The van der Waals surface area contributed by atoms with Crippen LogP contribution in [0.4, 0.5) is 0 Å². The zero-order valence-corrected chi connectivity index (χ0v) is 15.9. The predicted molar refractivity (Wildman–Crippen MR) is 104 cm³/mol. The van der Waals surface area contributed by atoms with Crippen molar-refractivity contribution in [2.75, 3.05) is 14.2 Å². The van der Waals surface area contributed by atoms with Crippen LogP contribution in [0.25, 0.3) is 20.2 Å². The van der Waals surface area contributed by atoms with Crippen LogP contribution in [0.5, 0.6) is 11.5 Å². The summed E-state index contributed by atoms with van der Waals surface area (Å²) in [6.07, 6.45) is 0. The zero-order valence-electron chi connectivity index (χ0n) is 12.7. The molecule has 2 heterocycles. The number of hydrogen-bond acceptors (Lipinski definition) is 4. The molecule has 118 valence electrons. The summed E-state index contributed by atoms with van der Waals surface area (Å²) in [5.74, 6) is 1.84. The number of hydrogen-bond donors (Lipinski definition) is 0. The number of methoxy groups -OCH3 is 2. The van der Waals surface area contributed by atoms with E-state index in [0.717, 1.165) is 15.3 Å². The van der Waals surface area contributed by atoms with E-state index in [0.29, 0.717) is 0 Å². The molecule has 0 bridgehead atoms. The molecule has 23 heavy (non-hydrogen) atoms. The third kappa shape index (κ3) is 3.86. The molecular formula is C18H15BrO2S2. The SMILES string of the molecule is COc1ccc2cc(Br)sc2c1.COc1ccc2ccsc2c1. The number of fused-ring (bicyclic) bond motifs is 2. The lowest BCUT2D eigenvalue weighted by atomic mass is 10.2. The molecule has 0 aliphatic carbocycles. The Balaban J connectivity index is 0.000000136. The molecule has 0 atom stereocenters. The molecule has 0 unspecified atom stereocenters.